The van der Waals surface area contributed by atoms with Crippen LogP contribution >= 0.6 is 0 Å². The lowest BCUT2D eigenvalue weighted by atomic mass is 10.2. The molecule has 1 aromatic carbocycles. The molecular formula is C24H26N6O4. The predicted octanol–water partition coefficient (Wildman–Crippen LogP) is 3.29. The third-order valence-corrected chi connectivity index (χ3v) is 5.85. The number of carbonyl (C=O) groups is 3. The normalized spacial score (nSPS) is 15.2. The van der Waals surface area contributed by atoms with Gasteiger partial charge in [0.1, 0.15) is 17.3 Å². The van der Waals surface area contributed by atoms with Gasteiger partial charge >= 0.3 is 12.1 Å². The highest BCUT2D eigenvalue weighted by Crippen LogP contribution is 2.27. The molecule has 2 fully saturated rings. The molecule has 1 aliphatic heterocycles. The van der Waals surface area contributed by atoms with Gasteiger partial charge in [-0.15, -0.1) is 0 Å². The summed E-state index contributed by atoms with van der Waals surface area (Å²) in [5, 5.41) is 9.04. The van der Waals surface area contributed by atoms with E-state index < -0.39 is 6.03 Å². The summed E-state index contributed by atoms with van der Waals surface area (Å²) in [7, 11) is 0. The first-order valence-corrected chi connectivity index (χ1v) is 11.4. The molecule has 3 N–H and O–H groups in total. The number of urea groups is 1. The summed E-state index contributed by atoms with van der Waals surface area (Å²) < 4.78 is 7.53. The van der Waals surface area contributed by atoms with Gasteiger partial charge in [0, 0.05) is 43.0 Å². The number of nitrogens with one attached hydrogen (secondary N) is 3. The van der Waals surface area contributed by atoms with Gasteiger partial charge in [-0.1, -0.05) is 0 Å². The quantitative estimate of drug-likeness (QED) is 0.520. The van der Waals surface area contributed by atoms with Gasteiger partial charge in [-0.05, 0) is 56.0 Å². The van der Waals surface area contributed by atoms with E-state index in [1.807, 2.05) is 18.2 Å². The fourth-order valence-corrected chi connectivity index (χ4v) is 3.91. The predicted molar refractivity (Wildman–Crippen MR) is 126 cm³/mol. The molecule has 1 aliphatic carbocycles. The van der Waals surface area contributed by atoms with Crippen molar-refractivity contribution < 1.29 is 19.1 Å². The molecule has 0 atom stereocenters. The molecule has 0 unspecified atom stereocenters. The van der Waals surface area contributed by atoms with Crippen LogP contribution in [-0.4, -0.2) is 58.1 Å². The minimum Gasteiger partial charge on any atom is -0.457 e. The minimum absolute atomic E-state index is 0.0552. The van der Waals surface area contributed by atoms with Crippen LogP contribution in [0, 0.1) is 0 Å². The van der Waals surface area contributed by atoms with Crippen molar-refractivity contribution in [1.82, 2.24) is 25.1 Å². The molecule has 0 bridgehead atoms. The molecule has 5 rings (SSSR count). The Hall–Kier alpha value is -4.08. The van der Waals surface area contributed by atoms with Crippen molar-refractivity contribution in [3.63, 3.8) is 0 Å². The monoisotopic (exact) mass is 462 g/mol. The van der Waals surface area contributed by atoms with Crippen LogP contribution in [0.1, 0.15) is 25.7 Å². The zero-order valence-corrected chi connectivity index (χ0v) is 18.6. The molecule has 1 saturated carbocycles. The second-order valence-electron chi connectivity index (χ2n) is 8.50. The van der Waals surface area contributed by atoms with E-state index in [1.165, 1.54) is 6.20 Å². The number of pyridine rings is 1. The smallest absolute Gasteiger partial charge is 0.326 e. The first-order chi connectivity index (χ1) is 16.5. The maximum Gasteiger partial charge on any atom is 0.326 e. The zero-order valence-electron chi connectivity index (χ0n) is 18.6. The molecule has 2 aliphatic rings. The van der Waals surface area contributed by atoms with Gasteiger partial charge in [-0.3, -0.25) is 14.7 Å². The van der Waals surface area contributed by atoms with Gasteiger partial charge < -0.3 is 20.3 Å². The van der Waals surface area contributed by atoms with Crippen molar-refractivity contribution in [2.75, 3.05) is 25.0 Å². The summed E-state index contributed by atoms with van der Waals surface area (Å²) in [5.74, 6) is 1.29. The summed E-state index contributed by atoms with van der Waals surface area (Å²) >= 11 is 0. The average molecular weight is 463 g/mol. The highest BCUT2D eigenvalue weighted by molar-refractivity contribution is 5.93. The highest BCUT2D eigenvalue weighted by atomic mass is 16.5. The SMILES string of the molecule is O=C(NCC(=O)N1CCCC1)Nc1cc(Oc2ccc3c(ccn3C(=O)NC3CC3)c2)ccn1. The fourth-order valence-electron chi connectivity index (χ4n) is 3.91. The standard InChI is InChI=1S/C24H26N6O4/c31-22(29-10-1-2-11-29)15-26-23(32)28-21-14-19(7-9-25-21)34-18-5-6-20-16(13-18)8-12-30(20)24(33)27-17-3-4-17/h5-9,12-14,17H,1-4,10-11,15H2,(H,27,33)(H2,25,26,28,32). The Morgan fingerprint density at radius 1 is 1.03 bits per heavy atom. The number of nitrogens with zero attached hydrogens (tertiary/aromatic N) is 3. The summed E-state index contributed by atoms with van der Waals surface area (Å²) in [4.78, 5) is 42.5. The summed E-state index contributed by atoms with van der Waals surface area (Å²) in [6, 6.07) is 10.3. The Labute approximate surface area is 196 Å². The van der Waals surface area contributed by atoms with E-state index in [2.05, 4.69) is 20.9 Å². The van der Waals surface area contributed by atoms with Crippen LogP contribution in [0.5, 0.6) is 11.5 Å². The maximum atomic E-state index is 12.4. The number of hydrogen-bond acceptors (Lipinski definition) is 5. The fraction of sp³-hybridized carbons (Fsp3) is 0.333. The van der Waals surface area contributed by atoms with E-state index in [0.717, 1.165) is 49.7 Å². The van der Waals surface area contributed by atoms with E-state index in [1.54, 1.807) is 33.9 Å². The van der Waals surface area contributed by atoms with Gasteiger partial charge in [0.05, 0.1) is 12.1 Å². The number of ether oxygens (including phenoxy) is 1. The number of hydrogen-bond donors (Lipinski definition) is 3. The van der Waals surface area contributed by atoms with Crippen LogP contribution in [-0.2, 0) is 4.79 Å². The van der Waals surface area contributed by atoms with Crippen LogP contribution in [0.2, 0.25) is 0 Å². The molecule has 176 valence electrons. The van der Waals surface area contributed by atoms with E-state index in [0.29, 0.717) is 17.3 Å². The molecule has 1 saturated heterocycles. The Bertz CT molecular complexity index is 1230. The molecule has 0 radical (unpaired) electrons. The second kappa shape index (κ2) is 9.42. The van der Waals surface area contributed by atoms with Crippen molar-refractivity contribution in [3.05, 3.63) is 48.8 Å². The van der Waals surface area contributed by atoms with Crippen molar-refractivity contribution >= 4 is 34.7 Å². The molecule has 3 aromatic rings. The number of amides is 4. The maximum absolute atomic E-state index is 12.4. The zero-order chi connectivity index (χ0) is 23.5. The lowest BCUT2D eigenvalue weighted by Crippen LogP contribution is -2.40. The average Bonchev–Trinajstić information content (AvgIpc) is 3.30. The van der Waals surface area contributed by atoms with E-state index in [9.17, 15) is 14.4 Å². The summed E-state index contributed by atoms with van der Waals surface area (Å²) in [6.45, 7) is 1.43. The first kappa shape index (κ1) is 21.7. The Morgan fingerprint density at radius 3 is 2.62 bits per heavy atom. The number of carbonyl (C=O) groups excluding carboxylic acids is 3. The molecule has 10 nitrogen and oxygen atoms in total. The van der Waals surface area contributed by atoms with E-state index in [-0.39, 0.29) is 24.5 Å². The molecule has 0 spiro atoms. The number of rotatable bonds is 6. The van der Waals surface area contributed by atoms with Crippen LogP contribution in [0.4, 0.5) is 15.4 Å². The summed E-state index contributed by atoms with van der Waals surface area (Å²) in [5.41, 5.74) is 0.794. The Kier molecular flexibility index (Phi) is 6.03. The van der Waals surface area contributed by atoms with Crippen LogP contribution in [0.3, 0.4) is 0 Å². The van der Waals surface area contributed by atoms with Gasteiger partial charge in [-0.25, -0.2) is 14.6 Å². The van der Waals surface area contributed by atoms with E-state index in [4.69, 9.17) is 4.74 Å². The number of benzene rings is 1. The molecule has 3 heterocycles. The number of anilines is 1. The molecule has 34 heavy (non-hydrogen) atoms. The van der Waals surface area contributed by atoms with Gasteiger partial charge in [0.15, 0.2) is 0 Å². The first-order valence-electron chi connectivity index (χ1n) is 11.4. The Balaban J connectivity index is 1.19. The molecular weight excluding hydrogens is 436 g/mol. The van der Waals surface area contributed by atoms with Crippen LogP contribution in [0.15, 0.2) is 48.8 Å². The Morgan fingerprint density at radius 2 is 1.82 bits per heavy atom. The van der Waals surface area contributed by atoms with Crippen molar-refractivity contribution in [2.24, 2.45) is 0 Å². The number of aromatic nitrogens is 2. The number of likely N-dealkylation sites (tertiary alicyclic amines) is 1. The highest BCUT2D eigenvalue weighted by Gasteiger charge is 2.24. The molecule has 4 amide bonds. The largest absolute Gasteiger partial charge is 0.457 e. The van der Waals surface area contributed by atoms with Crippen LogP contribution in [0.25, 0.3) is 10.9 Å². The number of fused-ring (bicyclic) bond motifs is 1. The third-order valence-electron chi connectivity index (χ3n) is 5.85. The minimum atomic E-state index is -0.510. The topological polar surface area (TPSA) is 118 Å². The lowest BCUT2D eigenvalue weighted by molar-refractivity contribution is -0.128. The van der Waals surface area contributed by atoms with Gasteiger partial charge in [0.25, 0.3) is 0 Å². The van der Waals surface area contributed by atoms with E-state index >= 15 is 0 Å². The summed E-state index contributed by atoms with van der Waals surface area (Å²) in [6.07, 6.45) is 7.34. The second-order valence-corrected chi connectivity index (χ2v) is 8.50. The van der Waals surface area contributed by atoms with Crippen LogP contribution < -0.4 is 20.7 Å². The third kappa shape index (κ3) is 5.11. The van der Waals surface area contributed by atoms with Gasteiger partial charge in [-0.2, -0.15) is 0 Å². The lowest BCUT2D eigenvalue weighted by Gasteiger charge is -2.15. The van der Waals surface area contributed by atoms with Crippen molar-refractivity contribution in [1.29, 1.82) is 0 Å². The van der Waals surface area contributed by atoms with Gasteiger partial charge in [0.2, 0.25) is 5.91 Å². The molecule has 2 aromatic heterocycles. The van der Waals surface area contributed by atoms with Crippen molar-refractivity contribution in [2.45, 2.75) is 31.7 Å². The molecule has 10 heteroatoms. The van der Waals surface area contributed by atoms with Crippen molar-refractivity contribution in [3.8, 4) is 11.5 Å².